The summed E-state index contributed by atoms with van der Waals surface area (Å²) in [5.74, 6) is 0. The van der Waals surface area contributed by atoms with Crippen LogP contribution in [0.15, 0.2) is 18.2 Å². The normalized spacial score (nSPS) is 25.8. The average molecular weight is 236 g/mol. The van der Waals surface area contributed by atoms with Crippen molar-refractivity contribution in [1.29, 1.82) is 0 Å². The fourth-order valence-corrected chi connectivity index (χ4v) is 3.68. The minimum atomic E-state index is 0.699. The molecule has 2 rings (SSSR count). The summed E-state index contributed by atoms with van der Waals surface area (Å²) in [5.41, 5.74) is 9.38. The molecule has 1 aromatic carbocycles. The van der Waals surface area contributed by atoms with Crippen LogP contribution in [-0.4, -0.2) is 23.6 Å². The number of nitrogens with two attached hydrogens (primary N) is 1. The standard InChI is InChI=1S/C13H20N2S/c1-9-7-15(8-10(2)16-9)13-6-4-5-12(14)11(13)3/h4-6,9-10H,7-8,14H2,1-3H3. The molecule has 0 bridgehead atoms. The lowest BCUT2D eigenvalue weighted by Gasteiger charge is -2.37. The molecule has 3 heteroatoms. The highest BCUT2D eigenvalue weighted by Crippen LogP contribution is 2.31. The molecule has 0 aliphatic carbocycles. The highest BCUT2D eigenvalue weighted by molar-refractivity contribution is 8.00. The summed E-state index contributed by atoms with van der Waals surface area (Å²) >= 11 is 2.08. The quantitative estimate of drug-likeness (QED) is 0.760. The zero-order valence-corrected chi connectivity index (χ0v) is 11.1. The molecule has 16 heavy (non-hydrogen) atoms. The van der Waals surface area contributed by atoms with Crippen molar-refractivity contribution in [2.45, 2.75) is 31.3 Å². The first kappa shape index (κ1) is 11.6. The Labute approximate surface area is 102 Å². The predicted molar refractivity (Wildman–Crippen MR) is 74.3 cm³/mol. The minimum absolute atomic E-state index is 0.699. The Morgan fingerprint density at radius 1 is 1.25 bits per heavy atom. The summed E-state index contributed by atoms with van der Waals surface area (Å²) in [4.78, 5) is 2.47. The molecule has 0 saturated carbocycles. The Morgan fingerprint density at radius 3 is 2.50 bits per heavy atom. The summed E-state index contributed by atoms with van der Waals surface area (Å²) < 4.78 is 0. The molecular weight excluding hydrogens is 216 g/mol. The van der Waals surface area contributed by atoms with Gasteiger partial charge in [0.2, 0.25) is 0 Å². The number of hydrogen-bond donors (Lipinski definition) is 1. The first-order valence-electron chi connectivity index (χ1n) is 5.83. The maximum atomic E-state index is 5.96. The molecule has 1 saturated heterocycles. The van der Waals surface area contributed by atoms with Gasteiger partial charge in [0.05, 0.1) is 0 Å². The molecule has 2 atom stereocenters. The number of nitrogen functional groups attached to an aromatic ring is 1. The van der Waals surface area contributed by atoms with Crippen LogP contribution in [0.4, 0.5) is 11.4 Å². The van der Waals surface area contributed by atoms with Gasteiger partial charge in [0.15, 0.2) is 0 Å². The van der Waals surface area contributed by atoms with Crippen LogP contribution in [-0.2, 0) is 0 Å². The van der Waals surface area contributed by atoms with Crippen molar-refractivity contribution < 1.29 is 0 Å². The lowest BCUT2D eigenvalue weighted by molar-refractivity contribution is 0.726. The van der Waals surface area contributed by atoms with Gasteiger partial charge in [-0.15, -0.1) is 0 Å². The number of rotatable bonds is 1. The van der Waals surface area contributed by atoms with Crippen LogP contribution in [0.2, 0.25) is 0 Å². The molecule has 88 valence electrons. The van der Waals surface area contributed by atoms with Crippen molar-refractivity contribution in [3.63, 3.8) is 0 Å². The number of nitrogens with zero attached hydrogens (tertiary/aromatic N) is 1. The number of anilines is 2. The van der Waals surface area contributed by atoms with E-state index in [-0.39, 0.29) is 0 Å². The van der Waals surface area contributed by atoms with E-state index in [4.69, 9.17) is 5.73 Å². The van der Waals surface area contributed by atoms with Crippen LogP contribution in [0.25, 0.3) is 0 Å². The first-order valence-corrected chi connectivity index (χ1v) is 6.77. The van der Waals surface area contributed by atoms with E-state index >= 15 is 0 Å². The Bertz CT molecular complexity index is 368. The van der Waals surface area contributed by atoms with E-state index in [2.05, 4.69) is 49.6 Å². The highest BCUT2D eigenvalue weighted by Gasteiger charge is 2.23. The van der Waals surface area contributed by atoms with Crippen LogP contribution < -0.4 is 10.6 Å². The average Bonchev–Trinajstić information content (AvgIpc) is 2.20. The molecule has 1 heterocycles. The highest BCUT2D eigenvalue weighted by atomic mass is 32.2. The third-order valence-electron chi connectivity index (χ3n) is 3.11. The lowest BCUT2D eigenvalue weighted by Crippen LogP contribution is -2.40. The Balaban J connectivity index is 2.26. The van der Waals surface area contributed by atoms with Crippen molar-refractivity contribution in [3.05, 3.63) is 23.8 Å². The van der Waals surface area contributed by atoms with Crippen molar-refractivity contribution in [1.82, 2.24) is 0 Å². The van der Waals surface area contributed by atoms with Crippen LogP contribution in [0, 0.1) is 6.92 Å². The van der Waals surface area contributed by atoms with Gasteiger partial charge in [-0.25, -0.2) is 0 Å². The molecule has 0 spiro atoms. The molecule has 1 aliphatic rings. The number of benzene rings is 1. The topological polar surface area (TPSA) is 29.3 Å². The van der Waals surface area contributed by atoms with Gasteiger partial charge in [0.25, 0.3) is 0 Å². The van der Waals surface area contributed by atoms with E-state index in [1.165, 1.54) is 11.3 Å². The Hall–Kier alpha value is -0.830. The monoisotopic (exact) mass is 236 g/mol. The van der Waals surface area contributed by atoms with Crippen molar-refractivity contribution in [2.75, 3.05) is 23.7 Å². The van der Waals surface area contributed by atoms with E-state index in [1.807, 2.05) is 6.07 Å². The molecule has 2 unspecified atom stereocenters. The lowest BCUT2D eigenvalue weighted by atomic mass is 10.1. The SMILES string of the molecule is Cc1c(N)cccc1N1CC(C)SC(C)C1. The molecule has 1 fully saturated rings. The summed E-state index contributed by atoms with van der Waals surface area (Å²) in [7, 11) is 0. The first-order chi connectivity index (χ1) is 7.58. The number of hydrogen-bond acceptors (Lipinski definition) is 3. The second kappa shape index (κ2) is 4.58. The van der Waals surface area contributed by atoms with Crippen molar-refractivity contribution >= 4 is 23.1 Å². The Kier molecular flexibility index (Phi) is 3.33. The molecular formula is C13H20N2S. The molecule has 0 radical (unpaired) electrons. The molecule has 2 nitrogen and oxygen atoms in total. The van der Waals surface area contributed by atoms with Crippen molar-refractivity contribution in [3.8, 4) is 0 Å². The van der Waals surface area contributed by atoms with Crippen LogP contribution in [0.5, 0.6) is 0 Å². The zero-order valence-electron chi connectivity index (χ0n) is 10.2. The van der Waals surface area contributed by atoms with Gasteiger partial charge in [-0.3, -0.25) is 0 Å². The van der Waals surface area contributed by atoms with Crippen LogP contribution in [0.1, 0.15) is 19.4 Å². The maximum absolute atomic E-state index is 5.96. The van der Waals surface area contributed by atoms with Crippen molar-refractivity contribution in [2.24, 2.45) is 0 Å². The van der Waals surface area contributed by atoms with Gasteiger partial charge in [-0.2, -0.15) is 11.8 Å². The van der Waals surface area contributed by atoms with Gasteiger partial charge >= 0.3 is 0 Å². The number of thioether (sulfide) groups is 1. The second-order valence-corrected chi connectivity index (χ2v) is 6.54. The Morgan fingerprint density at radius 2 is 1.88 bits per heavy atom. The van der Waals surface area contributed by atoms with Crippen LogP contribution in [0.3, 0.4) is 0 Å². The molecule has 0 amide bonds. The van der Waals surface area contributed by atoms with Gasteiger partial charge in [0.1, 0.15) is 0 Å². The van der Waals surface area contributed by atoms with Gasteiger partial charge in [0, 0.05) is 35.0 Å². The predicted octanol–water partition coefficient (Wildman–Crippen LogP) is 2.91. The summed E-state index contributed by atoms with van der Waals surface area (Å²) in [6.07, 6.45) is 0. The summed E-state index contributed by atoms with van der Waals surface area (Å²) in [5, 5.41) is 1.40. The zero-order chi connectivity index (χ0) is 11.7. The fraction of sp³-hybridized carbons (Fsp3) is 0.538. The van der Waals surface area contributed by atoms with Crippen LogP contribution >= 0.6 is 11.8 Å². The van der Waals surface area contributed by atoms with E-state index in [9.17, 15) is 0 Å². The molecule has 1 aliphatic heterocycles. The minimum Gasteiger partial charge on any atom is -0.398 e. The largest absolute Gasteiger partial charge is 0.398 e. The molecule has 0 aromatic heterocycles. The molecule has 2 N–H and O–H groups in total. The van der Waals surface area contributed by atoms with E-state index in [1.54, 1.807) is 0 Å². The van der Waals surface area contributed by atoms with E-state index in [0.29, 0.717) is 10.5 Å². The summed E-state index contributed by atoms with van der Waals surface area (Å²) in [6, 6.07) is 6.21. The third kappa shape index (κ3) is 2.29. The van der Waals surface area contributed by atoms with Gasteiger partial charge in [-0.05, 0) is 24.6 Å². The van der Waals surface area contributed by atoms with Gasteiger partial charge < -0.3 is 10.6 Å². The third-order valence-corrected chi connectivity index (χ3v) is 4.33. The maximum Gasteiger partial charge on any atom is 0.0417 e. The van der Waals surface area contributed by atoms with E-state index in [0.717, 1.165) is 18.8 Å². The second-order valence-electron chi connectivity index (χ2n) is 4.65. The van der Waals surface area contributed by atoms with E-state index < -0.39 is 0 Å². The smallest absolute Gasteiger partial charge is 0.0417 e. The summed E-state index contributed by atoms with van der Waals surface area (Å²) in [6.45, 7) is 8.96. The molecule has 1 aromatic rings. The van der Waals surface area contributed by atoms with Gasteiger partial charge in [-0.1, -0.05) is 19.9 Å². The fourth-order valence-electron chi connectivity index (χ4n) is 2.36.